The van der Waals surface area contributed by atoms with Gasteiger partial charge in [-0.2, -0.15) is 0 Å². The van der Waals surface area contributed by atoms with E-state index in [4.69, 9.17) is 34.8 Å². The molecule has 1 aliphatic carbocycles. The lowest BCUT2D eigenvalue weighted by Crippen LogP contribution is -2.31. The fourth-order valence-corrected chi connectivity index (χ4v) is 2.11. The van der Waals surface area contributed by atoms with Gasteiger partial charge in [-0.15, -0.1) is 5.48 Å². The van der Waals surface area contributed by atoms with Crippen molar-refractivity contribution in [2.45, 2.75) is 42.3 Å². The molecule has 0 atom stereocenters. The number of hydrogen-bond donors (Lipinski definition) is 1. The number of nitrogens with one attached hydrogen (secondary N) is 1. The molecule has 0 aromatic heterocycles. The maximum Gasteiger partial charge on any atom is 0.440 e. The first-order valence-electron chi connectivity index (χ1n) is 6.06. The molecule has 19 heavy (non-hydrogen) atoms. The van der Waals surface area contributed by atoms with E-state index in [1.165, 1.54) is 6.42 Å². The second-order valence-electron chi connectivity index (χ2n) is 4.48. The summed E-state index contributed by atoms with van der Waals surface area (Å²) in [7, 11) is 0. The third-order valence-electron chi connectivity index (χ3n) is 2.80. The van der Waals surface area contributed by atoms with E-state index in [-0.39, 0.29) is 0 Å². The Morgan fingerprint density at radius 3 is 2.37 bits per heavy atom. The molecule has 0 bridgehead atoms. The number of rotatable bonds is 3. The van der Waals surface area contributed by atoms with Crippen LogP contribution in [0.15, 0.2) is 0 Å². The van der Waals surface area contributed by atoms with Crippen LogP contribution in [0.1, 0.15) is 38.5 Å². The predicted octanol–water partition coefficient (Wildman–Crippen LogP) is 3.51. The van der Waals surface area contributed by atoms with E-state index < -0.39 is 22.5 Å². The Labute approximate surface area is 126 Å². The smallest absolute Gasteiger partial charge is 0.440 e. The first-order chi connectivity index (χ1) is 8.87. The number of ether oxygens (including phenoxy) is 1. The van der Waals surface area contributed by atoms with E-state index in [1.807, 2.05) is 5.48 Å². The Kier molecular flexibility index (Phi) is 7.04. The van der Waals surface area contributed by atoms with Gasteiger partial charge >= 0.3 is 12.1 Å². The van der Waals surface area contributed by atoms with Gasteiger partial charge in [-0.3, -0.25) is 0 Å². The van der Waals surface area contributed by atoms with Gasteiger partial charge < -0.3 is 9.57 Å². The van der Waals surface area contributed by atoms with Crippen LogP contribution in [0, 0.1) is 5.92 Å². The van der Waals surface area contributed by atoms with E-state index in [1.54, 1.807) is 0 Å². The Morgan fingerprint density at radius 2 is 1.79 bits per heavy atom. The number of hydrogen-bond acceptors (Lipinski definition) is 4. The molecule has 5 nitrogen and oxygen atoms in total. The van der Waals surface area contributed by atoms with Crippen LogP contribution in [-0.2, 0) is 14.4 Å². The van der Waals surface area contributed by atoms with Crippen molar-refractivity contribution in [3.63, 3.8) is 0 Å². The molecule has 1 amide bonds. The van der Waals surface area contributed by atoms with Gasteiger partial charge in [-0.05, 0) is 18.8 Å². The lowest BCUT2D eigenvalue weighted by atomic mass is 9.87. The Balaban J connectivity index is 2.13. The van der Waals surface area contributed by atoms with Crippen LogP contribution in [-0.4, -0.2) is 22.5 Å². The summed E-state index contributed by atoms with van der Waals surface area (Å²) in [5.74, 6) is -0.155. The van der Waals surface area contributed by atoms with Gasteiger partial charge in [-0.25, -0.2) is 9.59 Å². The molecule has 110 valence electrons. The monoisotopic (exact) mass is 331 g/mol. The van der Waals surface area contributed by atoms with Gasteiger partial charge in [0, 0.05) is 0 Å². The van der Waals surface area contributed by atoms with Crippen LogP contribution >= 0.6 is 34.8 Å². The molecule has 0 unspecified atom stereocenters. The molecule has 1 fully saturated rings. The van der Waals surface area contributed by atoms with Crippen LogP contribution in [0.4, 0.5) is 4.79 Å². The van der Waals surface area contributed by atoms with E-state index in [9.17, 15) is 9.59 Å². The second-order valence-corrected chi connectivity index (χ2v) is 6.99. The number of carbonyl (C=O) groups excluding carboxylic acids is 2. The first-order valence-corrected chi connectivity index (χ1v) is 7.19. The largest absolute Gasteiger partial charge is 0.443 e. The molecule has 8 heteroatoms. The SMILES string of the molecule is O=C(CC1CCCCC1)ONC(=O)OCC(Cl)(Cl)Cl. The molecule has 1 rings (SSSR count). The van der Waals surface area contributed by atoms with E-state index in [2.05, 4.69) is 9.57 Å². The maximum atomic E-state index is 11.4. The summed E-state index contributed by atoms with van der Waals surface area (Å²) in [6, 6.07) is 0. The summed E-state index contributed by atoms with van der Waals surface area (Å²) in [6.45, 7) is -0.427. The molecule has 1 saturated carbocycles. The normalized spacial score (nSPS) is 16.8. The van der Waals surface area contributed by atoms with Gasteiger partial charge in [0.1, 0.15) is 6.61 Å². The van der Waals surface area contributed by atoms with Crippen molar-refractivity contribution in [2.75, 3.05) is 6.61 Å². The molecular formula is C11H16Cl3NO4. The number of hydroxylamine groups is 1. The third-order valence-corrected chi connectivity index (χ3v) is 3.12. The van der Waals surface area contributed by atoms with Crippen LogP contribution in [0.2, 0.25) is 0 Å². The first kappa shape index (κ1) is 16.7. The molecule has 0 heterocycles. The molecule has 0 radical (unpaired) electrons. The summed E-state index contributed by atoms with van der Waals surface area (Å²) >= 11 is 16.2. The van der Waals surface area contributed by atoms with Gasteiger partial charge in [-0.1, -0.05) is 54.1 Å². The topological polar surface area (TPSA) is 64.6 Å². The summed E-state index contributed by atoms with van der Waals surface area (Å²) in [5, 5.41) is 0. The van der Waals surface area contributed by atoms with Crippen molar-refractivity contribution < 1.29 is 19.2 Å². The van der Waals surface area contributed by atoms with Gasteiger partial charge in [0.15, 0.2) is 0 Å². The number of halogens is 3. The zero-order chi connectivity index (χ0) is 14.3. The van der Waals surface area contributed by atoms with Crippen LogP contribution < -0.4 is 5.48 Å². The van der Waals surface area contributed by atoms with Crippen molar-refractivity contribution in [2.24, 2.45) is 5.92 Å². The minimum Gasteiger partial charge on any atom is -0.443 e. The highest BCUT2D eigenvalue weighted by atomic mass is 35.6. The number of alkyl halides is 3. The van der Waals surface area contributed by atoms with Crippen molar-refractivity contribution in [3.05, 3.63) is 0 Å². The Hall–Kier alpha value is -0.390. The minimum absolute atomic E-state index is 0.296. The molecule has 0 spiro atoms. The summed E-state index contributed by atoms with van der Waals surface area (Å²) in [6.07, 6.45) is 4.86. The number of carbonyl (C=O) groups is 2. The average molecular weight is 333 g/mol. The lowest BCUT2D eigenvalue weighted by molar-refractivity contribution is -0.151. The van der Waals surface area contributed by atoms with Gasteiger partial charge in [0.25, 0.3) is 0 Å². The fraction of sp³-hybridized carbons (Fsp3) is 0.818. The van der Waals surface area contributed by atoms with E-state index >= 15 is 0 Å². The average Bonchev–Trinajstić information content (AvgIpc) is 2.34. The second kappa shape index (κ2) is 8.02. The zero-order valence-corrected chi connectivity index (χ0v) is 12.6. The molecule has 1 N–H and O–H groups in total. The summed E-state index contributed by atoms with van der Waals surface area (Å²) in [4.78, 5) is 27.1. The van der Waals surface area contributed by atoms with Crippen LogP contribution in [0.25, 0.3) is 0 Å². The molecular weight excluding hydrogens is 316 g/mol. The Morgan fingerprint density at radius 1 is 1.16 bits per heavy atom. The lowest BCUT2D eigenvalue weighted by Gasteiger charge is -2.20. The van der Waals surface area contributed by atoms with E-state index in [0.717, 1.165) is 25.7 Å². The maximum absolute atomic E-state index is 11.4. The molecule has 0 aliphatic heterocycles. The Bertz CT molecular complexity index is 314. The van der Waals surface area contributed by atoms with Gasteiger partial charge in [0.2, 0.25) is 3.79 Å². The highest BCUT2D eigenvalue weighted by Gasteiger charge is 2.23. The predicted molar refractivity (Wildman–Crippen MR) is 72.1 cm³/mol. The number of amides is 1. The van der Waals surface area contributed by atoms with Crippen LogP contribution in [0.3, 0.4) is 0 Å². The minimum atomic E-state index is -1.69. The zero-order valence-electron chi connectivity index (χ0n) is 10.3. The van der Waals surface area contributed by atoms with Gasteiger partial charge in [0.05, 0.1) is 6.42 Å². The van der Waals surface area contributed by atoms with E-state index in [0.29, 0.717) is 12.3 Å². The van der Waals surface area contributed by atoms with Crippen molar-refractivity contribution in [1.82, 2.24) is 5.48 Å². The van der Waals surface area contributed by atoms with Crippen molar-refractivity contribution >= 4 is 46.9 Å². The highest BCUT2D eigenvalue weighted by Crippen LogP contribution is 2.27. The standard InChI is InChI=1S/C11H16Cl3NO4/c12-11(13,14)7-18-10(17)15-19-9(16)6-8-4-2-1-3-5-8/h8H,1-7H2,(H,15,17). The summed E-state index contributed by atoms with van der Waals surface area (Å²) in [5.41, 5.74) is 1.86. The van der Waals surface area contributed by atoms with Crippen LogP contribution in [0.5, 0.6) is 0 Å². The van der Waals surface area contributed by atoms with Crippen molar-refractivity contribution in [3.8, 4) is 0 Å². The molecule has 1 aliphatic rings. The fourth-order valence-electron chi connectivity index (χ4n) is 1.94. The third kappa shape index (κ3) is 8.39. The highest BCUT2D eigenvalue weighted by molar-refractivity contribution is 6.67. The quantitative estimate of drug-likeness (QED) is 0.634. The molecule has 0 saturated heterocycles. The summed E-state index contributed by atoms with van der Waals surface area (Å²) < 4.78 is 2.83. The van der Waals surface area contributed by atoms with Crippen molar-refractivity contribution in [1.29, 1.82) is 0 Å². The molecule has 0 aromatic rings. The molecule has 0 aromatic carbocycles.